The largest absolute Gasteiger partial charge is 0.493 e. The number of hydrogen-bond acceptors (Lipinski definition) is 5. The van der Waals surface area contributed by atoms with Gasteiger partial charge in [0.2, 0.25) is 0 Å². The smallest absolute Gasteiger partial charge is 0.329 e. The second-order valence-electron chi connectivity index (χ2n) is 8.04. The lowest BCUT2D eigenvalue weighted by molar-refractivity contribution is -0.136. The summed E-state index contributed by atoms with van der Waals surface area (Å²) in [6.07, 6.45) is 0. The first kappa shape index (κ1) is 26.0. The number of hydrogen-bond donors (Lipinski definition) is 2. The summed E-state index contributed by atoms with van der Waals surface area (Å²) in [5.41, 5.74) is 4.74. The topological polar surface area (TPSA) is 89.0 Å². The van der Waals surface area contributed by atoms with Gasteiger partial charge in [-0.2, -0.15) is 5.10 Å². The summed E-state index contributed by atoms with van der Waals surface area (Å²) in [5.74, 6) is -0.785. The van der Waals surface area contributed by atoms with Gasteiger partial charge in [0.1, 0.15) is 6.61 Å². The molecule has 4 rings (SSSR count). The lowest BCUT2D eigenvalue weighted by Crippen LogP contribution is -2.32. The van der Waals surface area contributed by atoms with Crippen molar-refractivity contribution >= 4 is 57.2 Å². The molecule has 0 aliphatic carbocycles. The molecule has 0 saturated heterocycles. The molecule has 2 N–H and O–H groups in total. The van der Waals surface area contributed by atoms with Crippen LogP contribution in [0.15, 0.2) is 84.0 Å². The van der Waals surface area contributed by atoms with E-state index in [-0.39, 0.29) is 0 Å². The molecule has 0 unspecified atom stereocenters. The quantitative estimate of drug-likeness (QED) is 0.167. The second-order valence-corrected chi connectivity index (χ2v) is 8.92. The molecule has 2 amide bonds. The molecule has 0 fully saturated rings. The van der Waals surface area contributed by atoms with E-state index < -0.39 is 11.8 Å². The van der Waals surface area contributed by atoms with Gasteiger partial charge in [0.05, 0.1) is 12.8 Å². The first-order chi connectivity index (χ1) is 17.8. The molecule has 0 heterocycles. The Labute approximate surface area is 224 Å². The fourth-order valence-electron chi connectivity index (χ4n) is 3.65. The third-order valence-electron chi connectivity index (χ3n) is 5.50. The van der Waals surface area contributed by atoms with Crippen LogP contribution in [0.3, 0.4) is 0 Å². The second kappa shape index (κ2) is 11.8. The van der Waals surface area contributed by atoms with Gasteiger partial charge in [-0.25, -0.2) is 5.43 Å². The molecule has 0 aliphatic rings. The highest BCUT2D eigenvalue weighted by atomic mass is 35.5. The first-order valence-corrected chi connectivity index (χ1v) is 12.0. The van der Waals surface area contributed by atoms with Crippen LogP contribution in [0, 0.1) is 0 Å². The van der Waals surface area contributed by atoms with Crippen LogP contribution in [0.2, 0.25) is 10.0 Å². The van der Waals surface area contributed by atoms with E-state index >= 15 is 0 Å². The highest BCUT2D eigenvalue weighted by Gasteiger charge is 2.15. The van der Waals surface area contributed by atoms with Gasteiger partial charge in [0.25, 0.3) is 0 Å². The number of fused-ring (bicyclic) bond motifs is 1. The zero-order valence-corrected chi connectivity index (χ0v) is 21.6. The fraction of sp³-hybridized carbons (Fsp3) is 0.107. The predicted octanol–water partition coefficient (Wildman–Crippen LogP) is 6.21. The van der Waals surface area contributed by atoms with Gasteiger partial charge in [0, 0.05) is 21.3 Å². The molecule has 4 aromatic carbocycles. The minimum absolute atomic E-state index is 0.294. The van der Waals surface area contributed by atoms with Gasteiger partial charge >= 0.3 is 11.8 Å². The number of anilines is 1. The predicted molar refractivity (Wildman–Crippen MR) is 147 cm³/mol. The average molecular weight is 536 g/mol. The zero-order valence-electron chi connectivity index (χ0n) is 20.0. The van der Waals surface area contributed by atoms with Crippen molar-refractivity contribution in [2.75, 3.05) is 12.4 Å². The molecule has 0 saturated carbocycles. The highest BCUT2D eigenvalue weighted by Crippen LogP contribution is 2.30. The summed E-state index contributed by atoms with van der Waals surface area (Å²) in [6, 6.07) is 24.0. The molecule has 0 bridgehead atoms. The van der Waals surface area contributed by atoms with E-state index in [4.69, 9.17) is 32.7 Å². The standard InChI is InChI=1S/C28H23Cl2N3O4/c1-17(32-33-28(35)27(34)31-23-14-21(29)13-22(30)15-23)19-10-11-25(26(12-19)36-2)37-16-20-8-5-7-18-6-3-4-9-24(18)20/h3-15H,16H2,1-2H3,(H,31,34)(H,33,35)/b32-17+. The van der Waals surface area contributed by atoms with Crippen molar-refractivity contribution < 1.29 is 19.1 Å². The first-order valence-electron chi connectivity index (χ1n) is 11.2. The number of carbonyl (C=O) groups is 2. The summed E-state index contributed by atoms with van der Waals surface area (Å²) in [5, 5.41) is 9.39. The number of rotatable bonds is 7. The Bertz CT molecular complexity index is 1480. The van der Waals surface area contributed by atoms with Gasteiger partial charge in [0.15, 0.2) is 11.5 Å². The van der Waals surface area contributed by atoms with Crippen molar-refractivity contribution in [2.24, 2.45) is 5.10 Å². The van der Waals surface area contributed by atoms with Crippen molar-refractivity contribution in [2.45, 2.75) is 13.5 Å². The van der Waals surface area contributed by atoms with Crippen molar-refractivity contribution in [1.82, 2.24) is 5.43 Å². The Balaban J connectivity index is 1.41. The third kappa shape index (κ3) is 6.58. The molecule has 188 valence electrons. The molecular formula is C28H23Cl2N3O4. The van der Waals surface area contributed by atoms with Gasteiger partial charge in [-0.1, -0.05) is 65.7 Å². The molecule has 0 radical (unpaired) electrons. The van der Waals surface area contributed by atoms with E-state index in [0.29, 0.717) is 45.1 Å². The van der Waals surface area contributed by atoms with Crippen molar-refractivity contribution in [1.29, 1.82) is 0 Å². The number of halogens is 2. The average Bonchev–Trinajstić information content (AvgIpc) is 2.89. The summed E-state index contributed by atoms with van der Waals surface area (Å²) in [7, 11) is 1.55. The SMILES string of the molecule is COc1cc(/C(C)=N/NC(=O)C(=O)Nc2cc(Cl)cc(Cl)c2)ccc1OCc1cccc2ccccc12. The number of amides is 2. The van der Waals surface area contributed by atoms with E-state index in [0.717, 1.165) is 16.3 Å². The van der Waals surface area contributed by atoms with Crippen LogP contribution in [0.4, 0.5) is 5.69 Å². The van der Waals surface area contributed by atoms with E-state index in [2.05, 4.69) is 34.0 Å². The molecule has 9 heteroatoms. The van der Waals surface area contributed by atoms with E-state index in [1.165, 1.54) is 18.2 Å². The monoisotopic (exact) mass is 535 g/mol. The maximum atomic E-state index is 12.2. The number of nitrogens with one attached hydrogen (secondary N) is 2. The van der Waals surface area contributed by atoms with Gasteiger partial charge in [-0.05, 0) is 59.7 Å². The molecule has 7 nitrogen and oxygen atoms in total. The molecule has 0 aromatic heterocycles. The Morgan fingerprint density at radius 3 is 2.35 bits per heavy atom. The number of ether oxygens (including phenoxy) is 2. The van der Waals surface area contributed by atoms with Gasteiger partial charge in [-0.15, -0.1) is 0 Å². The normalized spacial score (nSPS) is 11.2. The zero-order chi connectivity index (χ0) is 26.4. The van der Waals surface area contributed by atoms with Crippen LogP contribution in [0.5, 0.6) is 11.5 Å². The van der Waals surface area contributed by atoms with Gasteiger partial charge < -0.3 is 14.8 Å². The number of methoxy groups -OCH3 is 1. The Hall–Kier alpha value is -4.07. The molecule has 0 atom stereocenters. The summed E-state index contributed by atoms with van der Waals surface area (Å²) in [6.45, 7) is 2.06. The van der Waals surface area contributed by atoms with E-state index in [1.807, 2.05) is 24.3 Å². The van der Waals surface area contributed by atoms with Crippen LogP contribution in [-0.4, -0.2) is 24.6 Å². The van der Waals surface area contributed by atoms with Gasteiger partial charge in [-0.3, -0.25) is 9.59 Å². The lowest BCUT2D eigenvalue weighted by atomic mass is 10.1. The number of hydrazone groups is 1. The summed E-state index contributed by atoms with van der Waals surface area (Å²) < 4.78 is 11.6. The van der Waals surface area contributed by atoms with Crippen LogP contribution >= 0.6 is 23.2 Å². The van der Waals surface area contributed by atoms with Crippen molar-refractivity contribution in [3.63, 3.8) is 0 Å². The van der Waals surface area contributed by atoms with E-state index in [9.17, 15) is 9.59 Å². The summed E-state index contributed by atoms with van der Waals surface area (Å²) >= 11 is 11.8. The van der Waals surface area contributed by atoms with Crippen LogP contribution in [0.1, 0.15) is 18.1 Å². The molecule has 0 aliphatic heterocycles. The molecule has 37 heavy (non-hydrogen) atoms. The molecular weight excluding hydrogens is 513 g/mol. The Morgan fingerprint density at radius 2 is 1.59 bits per heavy atom. The minimum Gasteiger partial charge on any atom is -0.493 e. The van der Waals surface area contributed by atoms with Crippen LogP contribution < -0.4 is 20.2 Å². The van der Waals surface area contributed by atoms with Crippen molar-refractivity contribution in [3.05, 3.63) is 100 Å². The van der Waals surface area contributed by atoms with E-state index in [1.54, 1.807) is 32.2 Å². The fourth-order valence-corrected chi connectivity index (χ4v) is 4.18. The lowest BCUT2D eigenvalue weighted by Gasteiger charge is -2.13. The third-order valence-corrected chi connectivity index (χ3v) is 5.93. The maximum absolute atomic E-state index is 12.2. The summed E-state index contributed by atoms with van der Waals surface area (Å²) in [4.78, 5) is 24.4. The Morgan fingerprint density at radius 1 is 0.865 bits per heavy atom. The van der Waals surface area contributed by atoms with Crippen LogP contribution in [0.25, 0.3) is 10.8 Å². The Kier molecular flexibility index (Phi) is 8.28. The van der Waals surface area contributed by atoms with Crippen LogP contribution in [-0.2, 0) is 16.2 Å². The molecule has 0 spiro atoms. The van der Waals surface area contributed by atoms with Crippen molar-refractivity contribution in [3.8, 4) is 11.5 Å². The molecule has 4 aromatic rings. The maximum Gasteiger partial charge on any atom is 0.329 e. The highest BCUT2D eigenvalue weighted by molar-refractivity contribution is 6.40. The number of benzene rings is 4. The number of carbonyl (C=O) groups excluding carboxylic acids is 2. The number of nitrogens with zero attached hydrogens (tertiary/aromatic N) is 1. The minimum atomic E-state index is -0.947.